The molecular formula is C19H21NO5S. The van der Waals surface area contributed by atoms with E-state index >= 15 is 0 Å². The number of benzene rings is 2. The molecule has 0 aliphatic heterocycles. The summed E-state index contributed by atoms with van der Waals surface area (Å²) >= 11 is 1.54. The minimum Gasteiger partial charge on any atom is -0.493 e. The van der Waals surface area contributed by atoms with Gasteiger partial charge in [-0.2, -0.15) is 11.8 Å². The van der Waals surface area contributed by atoms with Gasteiger partial charge in [-0.15, -0.1) is 0 Å². The average molecular weight is 375 g/mol. The Bertz CT molecular complexity index is 778. The lowest BCUT2D eigenvalue weighted by atomic mass is 10.1. The van der Waals surface area contributed by atoms with Crippen molar-refractivity contribution < 1.29 is 24.2 Å². The van der Waals surface area contributed by atoms with Gasteiger partial charge in [-0.05, 0) is 35.9 Å². The second-order valence-electron chi connectivity index (χ2n) is 5.42. The lowest BCUT2D eigenvalue weighted by molar-refractivity contribution is -0.136. The van der Waals surface area contributed by atoms with Crippen LogP contribution in [0.1, 0.15) is 22.3 Å². The van der Waals surface area contributed by atoms with E-state index in [4.69, 9.17) is 14.6 Å². The molecule has 0 spiro atoms. The molecule has 0 atom stereocenters. The standard InChI is InChI=1S/C19H21NO5S/c1-24-16-7-6-14(11-17(16)25-2)19(23)20-15-5-3-4-13(10-15)12-26-9-8-18(21)22/h3-7,10-11H,8-9,12H2,1-2H3,(H,20,23)(H,21,22). The van der Waals surface area contributed by atoms with Crippen molar-refractivity contribution in [1.29, 1.82) is 0 Å². The van der Waals surface area contributed by atoms with Crippen LogP contribution in [0.2, 0.25) is 0 Å². The summed E-state index contributed by atoms with van der Waals surface area (Å²) in [7, 11) is 3.06. The van der Waals surface area contributed by atoms with Crippen molar-refractivity contribution in [1.82, 2.24) is 0 Å². The molecule has 7 heteroatoms. The van der Waals surface area contributed by atoms with E-state index < -0.39 is 5.97 Å². The maximum atomic E-state index is 12.5. The Morgan fingerprint density at radius 2 is 1.85 bits per heavy atom. The van der Waals surface area contributed by atoms with Crippen LogP contribution >= 0.6 is 11.8 Å². The molecule has 1 amide bonds. The number of carboxylic acid groups (broad SMARTS) is 1. The van der Waals surface area contributed by atoms with Crippen LogP contribution in [-0.2, 0) is 10.5 Å². The lowest BCUT2D eigenvalue weighted by Gasteiger charge is -2.11. The molecule has 138 valence electrons. The summed E-state index contributed by atoms with van der Waals surface area (Å²) < 4.78 is 10.4. The van der Waals surface area contributed by atoms with Crippen molar-refractivity contribution in [3.63, 3.8) is 0 Å². The van der Waals surface area contributed by atoms with E-state index in [1.165, 1.54) is 14.2 Å². The molecule has 0 aromatic heterocycles. The number of nitrogens with one attached hydrogen (secondary N) is 1. The van der Waals surface area contributed by atoms with Gasteiger partial charge in [0.1, 0.15) is 0 Å². The smallest absolute Gasteiger partial charge is 0.304 e. The van der Waals surface area contributed by atoms with Crippen LogP contribution in [-0.4, -0.2) is 37.0 Å². The number of thioether (sulfide) groups is 1. The summed E-state index contributed by atoms with van der Waals surface area (Å²) in [6, 6.07) is 12.5. The first-order chi connectivity index (χ1) is 12.5. The Morgan fingerprint density at radius 1 is 1.08 bits per heavy atom. The largest absolute Gasteiger partial charge is 0.493 e. The Balaban J connectivity index is 2.00. The minimum absolute atomic E-state index is 0.139. The Hall–Kier alpha value is -2.67. The molecule has 2 aromatic carbocycles. The van der Waals surface area contributed by atoms with Gasteiger partial charge >= 0.3 is 5.97 Å². The van der Waals surface area contributed by atoms with Crippen molar-refractivity contribution in [3.8, 4) is 11.5 Å². The second-order valence-corrected chi connectivity index (χ2v) is 6.53. The van der Waals surface area contributed by atoms with E-state index in [2.05, 4.69) is 5.32 Å². The summed E-state index contributed by atoms with van der Waals surface area (Å²) in [4.78, 5) is 23.0. The topological polar surface area (TPSA) is 84.9 Å². The van der Waals surface area contributed by atoms with Crippen LogP contribution in [0.5, 0.6) is 11.5 Å². The first kappa shape index (κ1) is 19.7. The first-order valence-electron chi connectivity index (χ1n) is 7.95. The van der Waals surface area contributed by atoms with Crippen molar-refractivity contribution in [2.75, 3.05) is 25.3 Å². The summed E-state index contributed by atoms with van der Waals surface area (Å²) in [6.07, 6.45) is 0.139. The molecule has 2 aromatic rings. The van der Waals surface area contributed by atoms with E-state index in [1.54, 1.807) is 30.0 Å². The summed E-state index contributed by atoms with van der Waals surface area (Å²) in [6.45, 7) is 0. The fourth-order valence-corrected chi connectivity index (χ4v) is 3.15. The van der Waals surface area contributed by atoms with Crippen LogP contribution in [0.4, 0.5) is 5.69 Å². The van der Waals surface area contributed by atoms with Crippen LogP contribution in [0, 0.1) is 0 Å². The Morgan fingerprint density at radius 3 is 2.54 bits per heavy atom. The van der Waals surface area contributed by atoms with Crippen molar-refractivity contribution in [3.05, 3.63) is 53.6 Å². The highest BCUT2D eigenvalue weighted by Gasteiger charge is 2.11. The Kier molecular flexibility index (Phi) is 7.35. The number of carbonyl (C=O) groups excluding carboxylic acids is 1. The number of ether oxygens (including phenoxy) is 2. The van der Waals surface area contributed by atoms with Crippen LogP contribution in [0.3, 0.4) is 0 Å². The third-order valence-electron chi connectivity index (χ3n) is 3.56. The average Bonchev–Trinajstić information content (AvgIpc) is 2.64. The number of hydrogen-bond donors (Lipinski definition) is 2. The molecule has 0 unspecified atom stereocenters. The minimum atomic E-state index is -0.798. The van der Waals surface area contributed by atoms with Gasteiger partial charge in [-0.1, -0.05) is 12.1 Å². The monoisotopic (exact) mass is 375 g/mol. The van der Waals surface area contributed by atoms with Gasteiger partial charge in [-0.3, -0.25) is 9.59 Å². The molecule has 26 heavy (non-hydrogen) atoms. The number of aliphatic carboxylic acids is 1. The molecule has 0 bridgehead atoms. The molecule has 0 fully saturated rings. The van der Waals surface area contributed by atoms with Gasteiger partial charge < -0.3 is 19.9 Å². The van der Waals surface area contributed by atoms with Crippen LogP contribution in [0.25, 0.3) is 0 Å². The molecule has 0 saturated heterocycles. The van der Waals surface area contributed by atoms with Crippen LogP contribution < -0.4 is 14.8 Å². The number of carboxylic acids is 1. The third kappa shape index (κ3) is 5.70. The van der Waals surface area contributed by atoms with E-state index in [0.717, 1.165) is 5.56 Å². The number of rotatable bonds is 9. The number of methoxy groups -OCH3 is 2. The molecule has 6 nitrogen and oxygen atoms in total. The molecule has 2 rings (SSSR count). The summed E-state index contributed by atoms with van der Waals surface area (Å²) in [5.74, 6) is 1.24. The summed E-state index contributed by atoms with van der Waals surface area (Å²) in [5.41, 5.74) is 2.16. The van der Waals surface area contributed by atoms with Crippen molar-refractivity contribution >= 4 is 29.3 Å². The molecule has 0 radical (unpaired) electrons. The van der Waals surface area contributed by atoms with E-state index in [0.29, 0.717) is 34.3 Å². The van der Waals surface area contributed by atoms with E-state index in [9.17, 15) is 9.59 Å². The molecule has 2 N–H and O–H groups in total. The normalized spacial score (nSPS) is 10.2. The molecule has 0 aliphatic carbocycles. The molecule has 0 saturated carbocycles. The van der Waals surface area contributed by atoms with Gasteiger partial charge in [-0.25, -0.2) is 0 Å². The highest BCUT2D eigenvalue weighted by molar-refractivity contribution is 7.98. The van der Waals surface area contributed by atoms with Gasteiger partial charge in [0, 0.05) is 22.8 Å². The Labute approximate surface area is 156 Å². The number of amides is 1. The predicted octanol–water partition coefficient (Wildman–Crippen LogP) is 3.66. The molecular weight excluding hydrogens is 354 g/mol. The summed E-state index contributed by atoms with van der Waals surface area (Å²) in [5, 5.41) is 11.5. The maximum Gasteiger partial charge on any atom is 0.304 e. The first-order valence-corrected chi connectivity index (χ1v) is 9.11. The molecule has 0 heterocycles. The van der Waals surface area contributed by atoms with E-state index in [-0.39, 0.29) is 12.3 Å². The quantitative estimate of drug-likeness (QED) is 0.651. The van der Waals surface area contributed by atoms with Gasteiger partial charge in [0.05, 0.1) is 20.6 Å². The van der Waals surface area contributed by atoms with Gasteiger partial charge in [0.2, 0.25) is 0 Å². The number of carbonyl (C=O) groups is 2. The van der Waals surface area contributed by atoms with Gasteiger partial charge in [0.15, 0.2) is 11.5 Å². The fraction of sp³-hybridized carbons (Fsp3) is 0.263. The van der Waals surface area contributed by atoms with Gasteiger partial charge in [0.25, 0.3) is 5.91 Å². The number of hydrogen-bond acceptors (Lipinski definition) is 5. The predicted molar refractivity (Wildman–Crippen MR) is 102 cm³/mol. The highest BCUT2D eigenvalue weighted by atomic mass is 32.2. The zero-order valence-corrected chi connectivity index (χ0v) is 15.5. The van der Waals surface area contributed by atoms with Crippen LogP contribution in [0.15, 0.2) is 42.5 Å². The molecule has 0 aliphatic rings. The van der Waals surface area contributed by atoms with Crippen molar-refractivity contribution in [2.45, 2.75) is 12.2 Å². The SMILES string of the molecule is COc1ccc(C(=O)Nc2cccc(CSCCC(=O)O)c2)cc1OC. The second kappa shape index (κ2) is 9.72. The zero-order valence-electron chi connectivity index (χ0n) is 14.7. The number of anilines is 1. The maximum absolute atomic E-state index is 12.5. The zero-order chi connectivity index (χ0) is 18.9. The highest BCUT2D eigenvalue weighted by Crippen LogP contribution is 2.28. The fourth-order valence-electron chi connectivity index (χ4n) is 2.27. The third-order valence-corrected chi connectivity index (χ3v) is 4.59. The van der Waals surface area contributed by atoms with Crippen molar-refractivity contribution in [2.24, 2.45) is 0 Å². The lowest BCUT2D eigenvalue weighted by Crippen LogP contribution is -2.12. The van der Waals surface area contributed by atoms with E-state index in [1.807, 2.05) is 24.3 Å².